The molecule has 190 valence electrons. The van der Waals surface area contributed by atoms with E-state index in [1.807, 2.05) is 64.1 Å². The number of aromatic nitrogens is 1. The maximum absolute atomic E-state index is 13.0. The van der Waals surface area contributed by atoms with Crippen LogP contribution in [0.1, 0.15) is 66.1 Å². The number of nitrogens with one attached hydrogen (secondary N) is 3. The summed E-state index contributed by atoms with van der Waals surface area (Å²) in [7, 11) is 0. The minimum Gasteiger partial charge on any atom is -0.358 e. The van der Waals surface area contributed by atoms with Crippen LogP contribution in [0.3, 0.4) is 0 Å². The molecule has 0 unspecified atom stereocenters. The van der Waals surface area contributed by atoms with Gasteiger partial charge in [0.25, 0.3) is 11.8 Å². The second-order valence-corrected chi connectivity index (χ2v) is 8.91. The number of fused-ring (bicyclic) bond motifs is 1. The quantitative estimate of drug-likeness (QED) is 0.244. The zero-order valence-electron chi connectivity index (χ0n) is 22.2. The van der Waals surface area contributed by atoms with Crippen molar-refractivity contribution < 1.29 is 9.59 Å². The predicted octanol–water partition coefficient (Wildman–Crippen LogP) is 5.20. The third-order valence-electron chi connectivity index (χ3n) is 6.62. The monoisotopic (exact) mass is 487 g/mol. The Morgan fingerprint density at radius 1 is 1.22 bits per heavy atom. The van der Waals surface area contributed by atoms with Crippen LogP contribution in [-0.2, 0) is 4.79 Å². The first kappa shape index (κ1) is 26.9. The third kappa shape index (κ3) is 5.57. The molecular formula is C29H37N5O2. The molecule has 1 aromatic carbocycles. The highest BCUT2D eigenvalue weighted by Crippen LogP contribution is 2.36. The van der Waals surface area contributed by atoms with E-state index in [1.165, 1.54) is 0 Å². The van der Waals surface area contributed by atoms with E-state index < -0.39 is 0 Å². The number of aliphatic imine (C=N–C) groups is 1. The molecule has 0 fully saturated rings. The van der Waals surface area contributed by atoms with Crippen molar-refractivity contribution in [1.29, 1.82) is 0 Å². The van der Waals surface area contributed by atoms with Crippen LogP contribution in [0.2, 0.25) is 0 Å². The summed E-state index contributed by atoms with van der Waals surface area (Å²) in [5, 5.41) is 5.97. The molecule has 7 nitrogen and oxygen atoms in total. The molecular weight excluding hydrogens is 450 g/mol. The van der Waals surface area contributed by atoms with Crippen LogP contribution < -0.4 is 10.6 Å². The highest BCUT2D eigenvalue weighted by atomic mass is 16.2. The van der Waals surface area contributed by atoms with Crippen LogP contribution >= 0.6 is 0 Å². The number of hydrogen-bond acceptors (Lipinski definition) is 4. The Labute approximate surface area is 214 Å². The molecule has 7 heteroatoms. The number of aryl methyl sites for hydroxylation is 1. The summed E-state index contributed by atoms with van der Waals surface area (Å²) >= 11 is 0. The minimum atomic E-state index is -0.179. The Balaban J connectivity index is 1.94. The van der Waals surface area contributed by atoms with Crippen molar-refractivity contribution >= 4 is 41.6 Å². The van der Waals surface area contributed by atoms with Crippen LogP contribution in [0.25, 0.3) is 17.3 Å². The number of rotatable bonds is 10. The fourth-order valence-corrected chi connectivity index (χ4v) is 4.61. The van der Waals surface area contributed by atoms with E-state index in [2.05, 4.69) is 46.1 Å². The lowest BCUT2D eigenvalue weighted by molar-refractivity contribution is -0.110. The van der Waals surface area contributed by atoms with Gasteiger partial charge in [-0.25, -0.2) is 0 Å². The number of amides is 2. The van der Waals surface area contributed by atoms with Crippen molar-refractivity contribution in [3.05, 3.63) is 69.6 Å². The van der Waals surface area contributed by atoms with Gasteiger partial charge in [0.1, 0.15) is 0 Å². The molecule has 1 aliphatic rings. The maximum Gasteiger partial charge on any atom is 0.256 e. The smallest absolute Gasteiger partial charge is 0.256 e. The normalized spacial score (nSPS) is 14.9. The summed E-state index contributed by atoms with van der Waals surface area (Å²) in [5.41, 5.74) is 7.68. The second kappa shape index (κ2) is 11.8. The molecule has 0 saturated carbocycles. The SMILES string of the molecule is C=N/C(=C(C)\C=C/C)c1ccc2c(c1)/C(=C/c1[nH]c(C)c(C(=O)NCCN(CC)CC)c1C)C(=O)N2. The van der Waals surface area contributed by atoms with Gasteiger partial charge in [-0.05, 0) is 76.8 Å². The van der Waals surface area contributed by atoms with Gasteiger partial charge in [-0.2, -0.15) is 0 Å². The number of hydrogen-bond donors (Lipinski definition) is 3. The van der Waals surface area contributed by atoms with Crippen molar-refractivity contribution in [2.75, 3.05) is 31.5 Å². The van der Waals surface area contributed by atoms with Crippen LogP contribution in [0.4, 0.5) is 5.69 Å². The van der Waals surface area contributed by atoms with Crippen molar-refractivity contribution in [3.8, 4) is 0 Å². The number of nitrogens with zero attached hydrogens (tertiary/aromatic N) is 2. The highest BCUT2D eigenvalue weighted by molar-refractivity contribution is 6.35. The number of likely N-dealkylation sites (N-methyl/N-ethyl adjacent to an activating group) is 1. The van der Waals surface area contributed by atoms with E-state index in [0.29, 0.717) is 17.7 Å². The number of benzene rings is 1. The van der Waals surface area contributed by atoms with Gasteiger partial charge >= 0.3 is 0 Å². The summed E-state index contributed by atoms with van der Waals surface area (Å²) in [6.07, 6.45) is 5.76. The lowest BCUT2D eigenvalue weighted by Crippen LogP contribution is -2.35. The molecule has 0 saturated heterocycles. The lowest BCUT2D eigenvalue weighted by Gasteiger charge is -2.18. The third-order valence-corrected chi connectivity index (χ3v) is 6.62. The van der Waals surface area contributed by atoms with E-state index >= 15 is 0 Å². The van der Waals surface area contributed by atoms with Gasteiger partial charge in [-0.1, -0.05) is 32.1 Å². The van der Waals surface area contributed by atoms with Gasteiger partial charge < -0.3 is 20.5 Å². The predicted molar refractivity (Wildman–Crippen MR) is 150 cm³/mol. The first-order chi connectivity index (χ1) is 17.2. The second-order valence-electron chi connectivity index (χ2n) is 8.91. The van der Waals surface area contributed by atoms with E-state index in [9.17, 15) is 9.59 Å². The number of carbonyl (C=O) groups excluding carboxylic acids is 2. The number of H-pyrrole nitrogens is 1. The molecule has 0 radical (unpaired) electrons. The van der Waals surface area contributed by atoms with Crippen molar-refractivity contribution in [2.45, 2.75) is 41.5 Å². The standard InChI is InChI=1S/C29H37N5O2/c1-8-11-18(4)27(30-7)21-12-13-24-22(16-21)23(28(35)33-24)17-25-19(5)26(20(6)32-25)29(36)31-14-15-34(9-2)10-3/h8,11-13,16-17,32H,7,9-10,14-15H2,1-6H3,(H,31,36)(H,33,35)/b11-8-,23-17-,27-18-. The Hall–Kier alpha value is -3.71. The molecule has 0 atom stereocenters. The van der Waals surface area contributed by atoms with Crippen LogP contribution in [0.5, 0.6) is 0 Å². The summed E-state index contributed by atoms with van der Waals surface area (Å²) in [4.78, 5) is 35.6. The first-order valence-electron chi connectivity index (χ1n) is 12.4. The number of allylic oxidation sites excluding steroid dienone is 3. The summed E-state index contributed by atoms with van der Waals surface area (Å²) in [6, 6.07) is 5.78. The average Bonchev–Trinajstić information content (AvgIpc) is 3.31. The molecule has 2 aromatic rings. The molecule has 3 N–H and O–H groups in total. The molecule has 0 bridgehead atoms. The van der Waals surface area contributed by atoms with Crippen molar-refractivity contribution in [3.63, 3.8) is 0 Å². The molecule has 2 amide bonds. The van der Waals surface area contributed by atoms with Gasteiger partial charge in [0.05, 0.1) is 16.8 Å². The molecule has 36 heavy (non-hydrogen) atoms. The van der Waals surface area contributed by atoms with Gasteiger partial charge in [0.2, 0.25) is 0 Å². The van der Waals surface area contributed by atoms with Crippen molar-refractivity contribution in [2.24, 2.45) is 4.99 Å². The average molecular weight is 488 g/mol. The van der Waals surface area contributed by atoms with E-state index in [-0.39, 0.29) is 11.8 Å². The topological polar surface area (TPSA) is 89.6 Å². The first-order valence-corrected chi connectivity index (χ1v) is 12.4. The van der Waals surface area contributed by atoms with E-state index in [1.54, 1.807) is 0 Å². The molecule has 1 aromatic heterocycles. The molecule has 0 spiro atoms. The van der Waals surface area contributed by atoms with Gasteiger partial charge in [-0.15, -0.1) is 0 Å². The molecule has 3 rings (SSSR count). The van der Waals surface area contributed by atoms with E-state index in [0.717, 1.165) is 64.7 Å². The Morgan fingerprint density at radius 2 is 1.94 bits per heavy atom. The Morgan fingerprint density at radius 3 is 2.58 bits per heavy atom. The van der Waals surface area contributed by atoms with Gasteiger partial charge in [0, 0.05) is 41.3 Å². The van der Waals surface area contributed by atoms with Gasteiger partial charge in [-0.3, -0.25) is 14.6 Å². The van der Waals surface area contributed by atoms with Crippen LogP contribution in [0, 0.1) is 13.8 Å². The summed E-state index contributed by atoms with van der Waals surface area (Å²) in [6.45, 7) is 19.0. The molecule has 1 aliphatic heterocycles. The minimum absolute atomic E-state index is 0.108. The Bertz CT molecular complexity index is 1260. The number of carbonyl (C=O) groups is 2. The number of anilines is 1. The summed E-state index contributed by atoms with van der Waals surface area (Å²) in [5.74, 6) is -0.288. The van der Waals surface area contributed by atoms with Gasteiger partial charge in [0.15, 0.2) is 0 Å². The number of aromatic amines is 1. The fraction of sp³-hybridized carbons (Fsp3) is 0.345. The van der Waals surface area contributed by atoms with Crippen LogP contribution in [-0.4, -0.2) is 54.6 Å². The zero-order chi connectivity index (χ0) is 26.4. The summed E-state index contributed by atoms with van der Waals surface area (Å²) < 4.78 is 0. The van der Waals surface area contributed by atoms with E-state index in [4.69, 9.17) is 0 Å². The molecule has 2 heterocycles. The maximum atomic E-state index is 13.0. The largest absolute Gasteiger partial charge is 0.358 e. The lowest BCUT2D eigenvalue weighted by atomic mass is 9.99. The Kier molecular flexibility index (Phi) is 8.83. The zero-order valence-corrected chi connectivity index (χ0v) is 22.2. The van der Waals surface area contributed by atoms with Crippen LogP contribution in [0.15, 0.2) is 40.9 Å². The molecule has 0 aliphatic carbocycles. The van der Waals surface area contributed by atoms with Crippen molar-refractivity contribution in [1.82, 2.24) is 15.2 Å². The fourth-order valence-electron chi connectivity index (χ4n) is 4.61. The highest BCUT2D eigenvalue weighted by Gasteiger charge is 2.26.